The van der Waals surface area contributed by atoms with Crippen LogP contribution in [-0.4, -0.2) is 50.1 Å². The van der Waals surface area contributed by atoms with Gasteiger partial charge in [-0.15, -0.1) is 0 Å². The summed E-state index contributed by atoms with van der Waals surface area (Å²) in [7, 11) is -3.65. The fourth-order valence-corrected chi connectivity index (χ4v) is 6.37. The smallest absolute Gasteiger partial charge is 0.410 e. The van der Waals surface area contributed by atoms with Crippen LogP contribution in [0.2, 0.25) is 0 Å². The van der Waals surface area contributed by atoms with Crippen molar-refractivity contribution in [2.24, 2.45) is 5.92 Å². The normalized spacial score (nSPS) is 19.1. The molecule has 182 valence electrons. The molecule has 7 nitrogen and oxygen atoms in total. The van der Waals surface area contributed by atoms with Gasteiger partial charge in [-0.2, -0.15) is 0 Å². The average molecular weight is 500 g/mol. The molecule has 0 aliphatic carbocycles. The van der Waals surface area contributed by atoms with E-state index in [0.717, 1.165) is 28.7 Å². The lowest BCUT2D eigenvalue weighted by Crippen LogP contribution is -2.56. The molecule has 2 saturated heterocycles. The van der Waals surface area contributed by atoms with Gasteiger partial charge in [-0.1, -0.05) is 60.7 Å². The quantitative estimate of drug-likeness (QED) is 0.402. The number of amides is 1. The third-order valence-corrected chi connectivity index (χ3v) is 8.78. The van der Waals surface area contributed by atoms with Gasteiger partial charge in [0.25, 0.3) is 0 Å². The van der Waals surface area contributed by atoms with E-state index in [1.165, 1.54) is 6.20 Å². The van der Waals surface area contributed by atoms with Crippen molar-refractivity contribution in [3.63, 3.8) is 0 Å². The van der Waals surface area contributed by atoms with Gasteiger partial charge >= 0.3 is 6.09 Å². The Morgan fingerprint density at radius 1 is 0.889 bits per heavy atom. The first kappa shape index (κ1) is 22.5. The van der Waals surface area contributed by atoms with Gasteiger partial charge in [-0.3, -0.25) is 4.98 Å². The van der Waals surface area contributed by atoms with Gasteiger partial charge in [0.05, 0.1) is 27.0 Å². The number of pyridine rings is 1. The first-order valence-electron chi connectivity index (χ1n) is 11.9. The highest BCUT2D eigenvalue weighted by Gasteiger charge is 2.48. The molecule has 0 spiro atoms. The highest BCUT2D eigenvalue weighted by molar-refractivity contribution is 7.91. The summed E-state index contributed by atoms with van der Waals surface area (Å²) in [6.45, 7) is 2.34. The average Bonchev–Trinajstić information content (AvgIpc) is 3.24. The molecule has 3 aromatic carbocycles. The van der Waals surface area contributed by atoms with Gasteiger partial charge in [-0.05, 0) is 29.8 Å². The highest BCUT2D eigenvalue weighted by Crippen LogP contribution is 2.39. The molecule has 2 aliphatic rings. The minimum absolute atomic E-state index is 0.174. The second kappa shape index (κ2) is 8.95. The molecule has 6 rings (SSSR count). The van der Waals surface area contributed by atoms with Crippen molar-refractivity contribution in [3.8, 4) is 0 Å². The van der Waals surface area contributed by atoms with Crippen molar-refractivity contribution in [3.05, 3.63) is 96.7 Å². The van der Waals surface area contributed by atoms with E-state index in [2.05, 4.69) is 9.88 Å². The lowest BCUT2D eigenvalue weighted by molar-refractivity contribution is 0.103. The van der Waals surface area contributed by atoms with Crippen LogP contribution in [0.1, 0.15) is 5.56 Å². The van der Waals surface area contributed by atoms with Crippen LogP contribution < -0.4 is 4.90 Å². The molecule has 4 aromatic rings. The largest absolute Gasteiger partial charge is 0.445 e. The lowest BCUT2D eigenvalue weighted by Gasteiger charge is -2.45. The number of hydrogen-bond acceptors (Lipinski definition) is 6. The number of aromatic nitrogens is 1. The number of fused-ring (bicyclic) bond motifs is 2. The number of carbonyl (C=O) groups excluding carboxylic acids is 1. The number of ether oxygens (including phenoxy) is 1. The predicted molar refractivity (Wildman–Crippen MR) is 136 cm³/mol. The Morgan fingerprint density at radius 3 is 2.42 bits per heavy atom. The van der Waals surface area contributed by atoms with E-state index >= 15 is 0 Å². The van der Waals surface area contributed by atoms with E-state index in [4.69, 9.17) is 4.74 Å². The molecule has 2 atom stereocenters. The summed E-state index contributed by atoms with van der Waals surface area (Å²) in [4.78, 5) is 21.7. The summed E-state index contributed by atoms with van der Waals surface area (Å²) in [5.74, 6) is 0.377. The molecular weight excluding hydrogens is 474 g/mol. The molecule has 36 heavy (non-hydrogen) atoms. The van der Waals surface area contributed by atoms with Crippen LogP contribution in [-0.2, 0) is 21.2 Å². The monoisotopic (exact) mass is 499 g/mol. The number of sulfone groups is 1. The fraction of sp³-hybridized carbons (Fsp3) is 0.214. The summed E-state index contributed by atoms with van der Waals surface area (Å²) in [6, 6.07) is 25.7. The number of anilines is 1. The Balaban J connectivity index is 1.19. The van der Waals surface area contributed by atoms with Gasteiger partial charge in [0.1, 0.15) is 6.61 Å². The van der Waals surface area contributed by atoms with Gasteiger partial charge in [0.2, 0.25) is 9.84 Å². The van der Waals surface area contributed by atoms with Gasteiger partial charge in [0.15, 0.2) is 0 Å². The van der Waals surface area contributed by atoms with Crippen LogP contribution >= 0.6 is 0 Å². The van der Waals surface area contributed by atoms with Gasteiger partial charge < -0.3 is 14.5 Å². The van der Waals surface area contributed by atoms with Crippen LogP contribution in [0.5, 0.6) is 0 Å². The Hall–Kier alpha value is -3.91. The van der Waals surface area contributed by atoms with Crippen LogP contribution in [0.3, 0.4) is 0 Å². The first-order chi connectivity index (χ1) is 17.5. The first-order valence-corrected chi connectivity index (χ1v) is 13.4. The Kier molecular flexibility index (Phi) is 5.60. The van der Waals surface area contributed by atoms with Crippen LogP contribution in [0.4, 0.5) is 10.5 Å². The second-order valence-corrected chi connectivity index (χ2v) is 11.2. The summed E-state index contributed by atoms with van der Waals surface area (Å²) in [5, 5.41) is 0.769. The molecule has 8 heteroatoms. The zero-order valence-corrected chi connectivity index (χ0v) is 20.3. The molecule has 1 amide bonds. The van der Waals surface area contributed by atoms with E-state index in [-0.39, 0.29) is 28.5 Å². The fourth-order valence-electron chi connectivity index (χ4n) is 5.11. The van der Waals surface area contributed by atoms with Crippen molar-refractivity contribution in [2.45, 2.75) is 22.4 Å². The number of hydrogen-bond donors (Lipinski definition) is 0. The molecular formula is C28H25N3O4S. The lowest BCUT2D eigenvalue weighted by atomic mass is 9.91. The predicted octanol–water partition coefficient (Wildman–Crippen LogP) is 4.52. The van der Waals surface area contributed by atoms with E-state index in [1.807, 2.05) is 48.5 Å². The van der Waals surface area contributed by atoms with Crippen LogP contribution in [0.25, 0.3) is 10.9 Å². The molecule has 0 radical (unpaired) electrons. The topological polar surface area (TPSA) is 79.8 Å². The molecule has 0 saturated carbocycles. The number of nitrogens with zero attached hydrogens (tertiary/aromatic N) is 3. The van der Waals surface area contributed by atoms with E-state index in [9.17, 15) is 13.2 Å². The molecule has 2 unspecified atom stereocenters. The minimum atomic E-state index is -3.65. The third-order valence-electron chi connectivity index (χ3n) is 7.04. The standard InChI is InChI=1S/C28H25N3O4S/c32-28(35-19-20-8-3-1-4-9-20)30-16-22-17-31(26(22)18-30)25-13-7-10-21-14-24(15-29-27(21)25)36(33,34)23-11-5-2-6-12-23/h1-15,22,26H,16-19H2. The van der Waals surface area contributed by atoms with Crippen LogP contribution in [0, 0.1) is 5.92 Å². The van der Waals surface area contributed by atoms with Crippen molar-refractivity contribution in [1.82, 2.24) is 9.88 Å². The molecule has 0 bridgehead atoms. The van der Waals surface area contributed by atoms with Crippen molar-refractivity contribution in [1.29, 1.82) is 0 Å². The second-order valence-electron chi connectivity index (χ2n) is 9.26. The molecule has 2 aliphatic heterocycles. The maximum atomic E-state index is 13.1. The van der Waals surface area contributed by atoms with Crippen molar-refractivity contribution in [2.75, 3.05) is 24.5 Å². The van der Waals surface area contributed by atoms with E-state index < -0.39 is 9.84 Å². The highest BCUT2D eigenvalue weighted by atomic mass is 32.2. The molecule has 0 N–H and O–H groups in total. The summed E-state index contributed by atoms with van der Waals surface area (Å²) >= 11 is 0. The summed E-state index contributed by atoms with van der Waals surface area (Å²) < 4.78 is 31.6. The van der Waals surface area contributed by atoms with Crippen molar-refractivity contribution >= 4 is 32.5 Å². The summed E-state index contributed by atoms with van der Waals surface area (Å²) in [6.07, 6.45) is 1.15. The number of carbonyl (C=O) groups is 1. The van der Waals surface area contributed by atoms with Gasteiger partial charge in [0, 0.05) is 37.1 Å². The zero-order valence-electron chi connectivity index (χ0n) is 19.5. The maximum absolute atomic E-state index is 13.1. The number of likely N-dealkylation sites (tertiary alicyclic amines) is 1. The van der Waals surface area contributed by atoms with Crippen molar-refractivity contribution < 1.29 is 17.9 Å². The Bertz CT molecular complexity index is 1530. The SMILES string of the molecule is O=C(OCc1ccccc1)N1CC2CN(c3cccc4cc(S(=O)(=O)c5ccccc5)cnc34)C2C1. The maximum Gasteiger partial charge on any atom is 0.410 e. The van der Waals surface area contributed by atoms with Crippen LogP contribution in [0.15, 0.2) is 101 Å². The third kappa shape index (κ3) is 3.97. The minimum Gasteiger partial charge on any atom is -0.445 e. The van der Waals surface area contributed by atoms with E-state index in [0.29, 0.717) is 19.0 Å². The summed E-state index contributed by atoms with van der Waals surface area (Å²) in [5.41, 5.74) is 2.68. The van der Waals surface area contributed by atoms with E-state index in [1.54, 1.807) is 41.3 Å². The van der Waals surface area contributed by atoms with Gasteiger partial charge in [-0.25, -0.2) is 13.2 Å². The zero-order chi connectivity index (χ0) is 24.7. The number of rotatable bonds is 5. The molecule has 2 fully saturated rings. The molecule has 1 aromatic heterocycles. The Labute approximate surface area is 209 Å². The number of benzene rings is 3. The Morgan fingerprint density at radius 2 is 1.64 bits per heavy atom. The number of para-hydroxylation sites is 1. The molecule has 3 heterocycles.